The number of nitrogens with zero attached hydrogens (tertiary/aromatic N) is 2. The maximum atomic E-state index is 10.8. The summed E-state index contributed by atoms with van der Waals surface area (Å²) in [4.78, 5) is 29.7. The molecule has 4 heteroatoms. The molecule has 0 aromatic heterocycles. The van der Waals surface area contributed by atoms with Crippen LogP contribution >= 0.6 is 0 Å². The third-order valence-corrected chi connectivity index (χ3v) is 6.27. The van der Waals surface area contributed by atoms with Crippen LogP contribution in [0, 0.1) is 16.7 Å². The van der Waals surface area contributed by atoms with Crippen molar-refractivity contribution in [1.82, 2.24) is 0 Å². The average Bonchev–Trinajstić information content (AvgIpc) is 2.26. The van der Waals surface area contributed by atoms with E-state index in [0.717, 1.165) is 0 Å². The Morgan fingerprint density at radius 3 is 1.84 bits per heavy atom. The highest BCUT2D eigenvalue weighted by atomic mass is 16.1. The molecule has 0 spiro atoms. The van der Waals surface area contributed by atoms with Crippen LogP contribution in [-0.4, -0.2) is 23.2 Å². The predicted octanol–water partition coefficient (Wildman–Crippen LogP) is 3.27. The zero-order valence-electron chi connectivity index (χ0n) is 13.0. The summed E-state index contributed by atoms with van der Waals surface area (Å²) in [7, 11) is 0. The molecule has 3 unspecified atom stereocenters. The lowest BCUT2D eigenvalue weighted by Crippen LogP contribution is -2.64. The summed E-state index contributed by atoms with van der Waals surface area (Å²) in [5.74, 6) is 0.173. The Balaban J connectivity index is 3.54. The van der Waals surface area contributed by atoms with Crippen LogP contribution in [0.3, 0.4) is 0 Å². The van der Waals surface area contributed by atoms with Gasteiger partial charge in [0.05, 0.1) is 11.1 Å². The van der Waals surface area contributed by atoms with E-state index < -0.39 is 11.1 Å². The molecule has 106 valence electrons. The van der Waals surface area contributed by atoms with E-state index in [-0.39, 0.29) is 16.7 Å². The van der Waals surface area contributed by atoms with E-state index in [0.29, 0.717) is 6.42 Å². The van der Waals surface area contributed by atoms with Crippen LogP contribution in [0.5, 0.6) is 0 Å². The number of rotatable bonds is 2. The van der Waals surface area contributed by atoms with Gasteiger partial charge < -0.3 is 0 Å². The zero-order chi connectivity index (χ0) is 15.1. The van der Waals surface area contributed by atoms with Gasteiger partial charge in [-0.25, -0.2) is 9.59 Å². The van der Waals surface area contributed by atoms with Gasteiger partial charge in [-0.3, -0.25) is 0 Å². The van der Waals surface area contributed by atoms with Crippen LogP contribution in [0.4, 0.5) is 0 Å². The normalized spacial score (nSPS) is 39.8. The van der Waals surface area contributed by atoms with Crippen LogP contribution in [0.1, 0.15) is 54.9 Å². The third-order valence-electron chi connectivity index (χ3n) is 6.27. The molecule has 1 saturated carbocycles. The van der Waals surface area contributed by atoms with Crippen molar-refractivity contribution >= 4 is 12.2 Å². The highest BCUT2D eigenvalue weighted by Crippen LogP contribution is 2.62. The standard InChI is InChI=1S/C15H24N2O2/c1-11-12(2,3)13(4,5)15(7,17-10-19)8-14(11,6)16-9-18/h11H,8H2,1-7H3. The minimum absolute atomic E-state index is 0.143. The fraction of sp³-hybridized carbons (Fsp3) is 0.867. The van der Waals surface area contributed by atoms with Gasteiger partial charge in [0.15, 0.2) is 0 Å². The van der Waals surface area contributed by atoms with E-state index in [1.807, 2.05) is 13.8 Å². The topological polar surface area (TPSA) is 58.9 Å². The molecule has 4 nitrogen and oxygen atoms in total. The fourth-order valence-corrected chi connectivity index (χ4v) is 3.60. The van der Waals surface area contributed by atoms with E-state index in [1.165, 1.54) is 0 Å². The van der Waals surface area contributed by atoms with E-state index in [1.54, 1.807) is 12.2 Å². The lowest BCUT2D eigenvalue weighted by Gasteiger charge is -2.62. The lowest BCUT2D eigenvalue weighted by molar-refractivity contribution is -0.0959. The highest BCUT2D eigenvalue weighted by Gasteiger charge is 2.63. The quantitative estimate of drug-likeness (QED) is 0.567. The van der Waals surface area contributed by atoms with Crippen molar-refractivity contribution in [3.05, 3.63) is 0 Å². The minimum Gasteiger partial charge on any atom is -0.211 e. The molecule has 0 aliphatic heterocycles. The SMILES string of the molecule is CC1C(C)(N=C=O)CC(C)(N=C=O)C(C)(C)C1(C)C. The molecule has 3 atom stereocenters. The average molecular weight is 264 g/mol. The Morgan fingerprint density at radius 2 is 1.42 bits per heavy atom. The van der Waals surface area contributed by atoms with Gasteiger partial charge in [-0.1, -0.05) is 34.6 Å². The van der Waals surface area contributed by atoms with Crippen molar-refractivity contribution < 1.29 is 9.59 Å². The van der Waals surface area contributed by atoms with Crippen molar-refractivity contribution in [2.45, 2.75) is 66.0 Å². The predicted molar refractivity (Wildman–Crippen MR) is 74.4 cm³/mol. The molecular weight excluding hydrogens is 240 g/mol. The molecule has 1 aliphatic carbocycles. The maximum absolute atomic E-state index is 10.8. The monoisotopic (exact) mass is 264 g/mol. The molecule has 1 aliphatic rings. The molecule has 0 aromatic carbocycles. The summed E-state index contributed by atoms with van der Waals surface area (Å²) in [6.07, 6.45) is 3.93. The van der Waals surface area contributed by atoms with Gasteiger partial charge in [-0.15, -0.1) is 0 Å². The number of carbonyl (C=O) groups excluding carboxylic acids is 2. The molecule has 0 saturated heterocycles. The second-order valence-corrected chi connectivity index (χ2v) is 7.28. The first-order valence-corrected chi connectivity index (χ1v) is 6.66. The zero-order valence-corrected chi connectivity index (χ0v) is 13.0. The Morgan fingerprint density at radius 1 is 0.947 bits per heavy atom. The molecule has 0 aromatic rings. The Hall–Kier alpha value is -1.24. The van der Waals surface area contributed by atoms with E-state index >= 15 is 0 Å². The van der Waals surface area contributed by atoms with E-state index in [9.17, 15) is 9.59 Å². The van der Waals surface area contributed by atoms with Crippen molar-refractivity contribution in [2.24, 2.45) is 26.7 Å². The number of hydrogen-bond acceptors (Lipinski definition) is 4. The summed E-state index contributed by atoms with van der Waals surface area (Å²) < 4.78 is 0. The molecule has 0 bridgehead atoms. The first kappa shape index (κ1) is 15.8. The van der Waals surface area contributed by atoms with Crippen LogP contribution in [0.15, 0.2) is 9.98 Å². The van der Waals surface area contributed by atoms with E-state index in [4.69, 9.17) is 0 Å². The molecule has 1 rings (SSSR count). The van der Waals surface area contributed by atoms with Crippen molar-refractivity contribution in [2.75, 3.05) is 0 Å². The summed E-state index contributed by atoms with van der Waals surface area (Å²) >= 11 is 0. The molecule has 0 radical (unpaired) electrons. The Labute approximate surface area is 115 Å². The summed E-state index contributed by atoms with van der Waals surface area (Å²) in [6, 6.07) is 0. The van der Waals surface area contributed by atoms with Gasteiger partial charge in [0.2, 0.25) is 12.2 Å². The van der Waals surface area contributed by atoms with Gasteiger partial charge in [0.25, 0.3) is 0 Å². The molecule has 1 fully saturated rings. The Kier molecular flexibility index (Phi) is 3.66. The number of aliphatic imine (C=N–C) groups is 2. The van der Waals surface area contributed by atoms with E-state index in [2.05, 4.69) is 44.6 Å². The van der Waals surface area contributed by atoms with Crippen LogP contribution in [0.25, 0.3) is 0 Å². The molecule has 19 heavy (non-hydrogen) atoms. The third kappa shape index (κ3) is 2.00. The smallest absolute Gasteiger partial charge is 0.211 e. The summed E-state index contributed by atoms with van der Waals surface area (Å²) in [6.45, 7) is 14.5. The van der Waals surface area contributed by atoms with Gasteiger partial charge in [0, 0.05) is 0 Å². The van der Waals surface area contributed by atoms with Crippen molar-refractivity contribution in [1.29, 1.82) is 0 Å². The van der Waals surface area contributed by atoms with Crippen LogP contribution < -0.4 is 0 Å². The molecule has 0 amide bonds. The van der Waals surface area contributed by atoms with Gasteiger partial charge in [-0.2, -0.15) is 9.98 Å². The Bertz CT molecular complexity index is 471. The maximum Gasteiger partial charge on any atom is 0.235 e. The molecular formula is C15H24N2O2. The van der Waals surface area contributed by atoms with Gasteiger partial charge in [0.1, 0.15) is 0 Å². The second-order valence-electron chi connectivity index (χ2n) is 7.28. The lowest BCUT2D eigenvalue weighted by atomic mass is 9.44. The fourth-order valence-electron chi connectivity index (χ4n) is 3.60. The minimum atomic E-state index is -0.597. The number of hydrogen-bond donors (Lipinski definition) is 0. The van der Waals surface area contributed by atoms with Crippen LogP contribution in [-0.2, 0) is 9.59 Å². The first-order valence-electron chi connectivity index (χ1n) is 6.66. The molecule has 0 heterocycles. The van der Waals surface area contributed by atoms with Crippen LogP contribution in [0.2, 0.25) is 0 Å². The second kappa shape index (κ2) is 4.40. The number of isocyanates is 2. The highest BCUT2D eigenvalue weighted by molar-refractivity contribution is 5.39. The van der Waals surface area contributed by atoms with Crippen molar-refractivity contribution in [3.8, 4) is 0 Å². The summed E-state index contributed by atoms with van der Waals surface area (Å²) in [5, 5.41) is 0. The summed E-state index contributed by atoms with van der Waals surface area (Å²) in [5.41, 5.74) is -1.51. The van der Waals surface area contributed by atoms with Gasteiger partial charge in [-0.05, 0) is 37.0 Å². The largest absolute Gasteiger partial charge is 0.235 e. The van der Waals surface area contributed by atoms with Gasteiger partial charge >= 0.3 is 0 Å². The molecule has 0 N–H and O–H groups in total. The van der Waals surface area contributed by atoms with Crippen molar-refractivity contribution in [3.63, 3.8) is 0 Å². The first-order chi connectivity index (χ1) is 8.48.